The molecule has 14 heavy (non-hydrogen) atoms. The molecule has 0 saturated heterocycles. The van der Waals surface area contributed by atoms with Crippen molar-refractivity contribution in [2.75, 3.05) is 7.11 Å². The van der Waals surface area contributed by atoms with E-state index in [0.29, 0.717) is 0 Å². The van der Waals surface area contributed by atoms with Crippen LogP contribution in [0.4, 0.5) is 0 Å². The summed E-state index contributed by atoms with van der Waals surface area (Å²) < 4.78 is 5.29. The standard InChI is InChI=1S/C12H14O2/c1-14-12-4-2-3-10-7-9(8-13)5-6-11(10)12/h2-4,8-9H,5-7H2,1H3/t9-/m0/s1. The number of aldehydes is 1. The molecule has 1 aromatic carbocycles. The minimum atomic E-state index is 0.203. The number of ether oxygens (including phenoxy) is 1. The summed E-state index contributed by atoms with van der Waals surface area (Å²) in [5, 5.41) is 0. The molecule has 1 aromatic rings. The lowest BCUT2D eigenvalue weighted by Gasteiger charge is -2.22. The predicted molar refractivity (Wildman–Crippen MR) is 54.6 cm³/mol. The third kappa shape index (κ3) is 1.52. The fourth-order valence-corrected chi connectivity index (χ4v) is 2.11. The summed E-state index contributed by atoms with van der Waals surface area (Å²) in [6.07, 6.45) is 3.86. The molecule has 0 aromatic heterocycles. The van der Waals surface area contributed by atoms with Gasteiger partial charge in [0.05, 0.1) is 7.11 Å². The van der Waals surface area contributed by atoms with Gasteiger partial charge in [-0.1, -0.05) is 12.1 Å². The number of hydrogen-bond donors (Lipinski definition) is 0. The summed E-state index contributed by atoms with van der Waals surface area (Å²) in [6, 6.07) is 6.07. The number of hydrogen-bond acceptors (Lipinski definition) is 2. The average molecular weight is 190 g/mol. The summed E-state index contributed by atoms with van der Waals surface area (Å²) in [5.41, 5.74) is 2.56. The van der Waals surface area contributed by atoms with Crippen molar-refractivity contribution >= 4 is 6.29 Å². The second-order valence-corrected chi connectivity index (χ2v) is 3.74. The molecule has 0 bridgehead atoms. The summed E-state index contributed by atoms with van der Waals surface area (Å²) in [5.74, 6) is 1.17. The van der Waals surface area contributed by atoms with Crippen LogP contribution in [0.1, 0.15) is 17.5 Å². The van der Waals surface area contributed by atoms with Gasteiger partial charge in [0.2, 0.25) is 0 Å². The number of rotatable bonds is 2. The van der Waals surface area contributed by atoms with Crippen LogP contribution in [0.15, 0.2) is 18.2 Å². The Balaban J connectivity index is 2.35. The number of carbonyl (C=O) groups excluding carboxylic acids is 1. The third-order valence-electron chi connectivity index (χ3n) is 2.89. The van der Waals surface area contributed by atoms with Gasteiger partial charge >= 0.3 is 0 Å². The molecule has 74 valence electrons. The lowest BCUT2D eigenvalue weighted by atomic mass is 9.84. The minimum Gasteiger partial charge on any atom is -0.496 e. The van der Waals surface area contributed by atoms with E-state index in [-0.39, 0.29) is 5.92 Å². The van der Waals surface area contributed by atoms with E-state index in [1.54, 1.807) is 7.11 Å². The monoisotopic (exact) mass is 190 g/mol. The van der Waals surface area contributed by atoms with E-state index in [2.05, 4.69) is 6.07 Å². The van der Waals surface area contributed by atoms with Crippen molar-refractivity contribution in [1.29, 1.82) is 0 Å². The zero-order valence-corrected chi connectivity index (χ0v) is 8.32. The van der Waals surface area contributed by atoms with Gasteiger partial charge in [0.15, 0.2) is 0 Å². The molecule has 0 aliphatic heterocycles. The van der Waals surface area contributed by atoms with Crippen molar-refractivity contribution in [3.8, 4) is 5.75 Å². The molecular formula is C12H14O2. The lowest BCUT2D eigenvalue weighted by molar-refractivity contribution is -0.111. The fraction of sp³-hybridized carbons (Fsp3) is 0.417. The van der Waals surface area contributed by atoms with E-state index < -0.39 is 0 Å². The molecule has 0 fully saturated rings. The van der Waals surface area contributed by atoms with Crippen molar-refractivity contribution in [2.45, 2.75) is 19.3 Å². The van der Waals surface area contributed by atoms with Crippen LogP contribution in [0.3, 0.4) is 0 Å². The van der Waals surface area contributed by atoms with E-state index in [1.165, 1.54) is 11.1 Å². The Labute approximate surface area is 83.9 Å². The second-order valence-electron chi connectivity index (χ2n) is 3.74. The first-order valence-corrected chi connectivity index (χ1v) is 4.95. The number of fused-ring (bicyclic) bond motifs is 1. The van der Waals surface area contributed by atoms with E-state index in [9.17, 15) is 4.79 Å². The first kappa shape index (κ1) is 9.25. The molecule has 0 amide bonds. The largest absolute Gasteiger partial charge is 0.496 e. The fourth-order valence-electron chi connectivity index (χ4n) is 2.11. The maximum absolute atomic E-state index is 10.7. The molecule has 0 N–H and O–H groups in total. The van der Waals surface area contributed by atoms with Gasteiger partial charge in [0.25, 0.3) is 0 Å². The molecule has 2 nitrogen and oxygen atoms in total. The first-order chi connectivity index (χ1) is 6.85. The van der Waals surface area contributed by atoms with Gasteiger partial charge < -0.3 is 9.53 Å². The van der Waals surface area contributed by atoms with Crippen LogP contribution in [0.25, 0.3) is 0 Å². The predicted octanol–water partition coefficient (Wildman–Crippen LogP) is 2.00. The SMILES string of the molecule is COc1cccc2c1CC[C@H](C=O)C2. The van der Waals surface area contributed by atoms with Crippen LogP contribution < -0.4 is 4.74 Å². The van der Waals surface area contributed by atoms with Crippen molar-refractivity contribution < 1.29 is 9.53 Å². The Bertz CT molecular complexity index is 344. The van der Waals surface area contributed by atoms with Gasteiger partial charge in [-0.3, -0.25) is 0 Å². The average Bonchev–Trinajstić information content (AvgIpc) is 2.27. The molecule has 0 spiro atoms. The lowest BCUT2D eigenvalue weighted by Crippen LogP contribution is -2.15. The molecule has 0 heterocycles. The van der Waals surface area contributed by atoms with Crippen LogP contribution in [0, 0.1) is 5.92 Å². The summed E-state index contributed by atoms with van der Waals surface area (Å²) in [4.78, 5) is 10.7. The van der Waals surface area contributed by atoms with E-state index in [1.807, 2.05) is 12.1 Å². The normalized spacial score (nSPS) is 19.9. The van der Waals surface area contributed by atoms with Gasteiger partial charge in [0, 0.05) is 5.92 Å². The van der Waals surface area contributed by atoms with Gasteiger partial charge in [0.1, 0.15) is 12.0 Å². The van der Waals surface area contributed by atoms with E-state index >= 15 is 0 Å². The number of methoxy groups -OCH3 is 1. The van der Waals surface area contributed by atoms with Crippen LogP contribution in [0.5, 0.6) is 5.75 Å². The maximum Gasteiger partial charge on any atom is 0.123 e. The molecular weight excluding hydrogens is 176 g/mol. The number of benzene rings is 1. The van der Waals surface area contributed by atoms with Crippen LogP contribution in [0.2, 0.25) is 0 Å². The third-order valence-corrected chi connectivity index (χ3v) is 2.89. The molecule has 2 heteroatoms. The Kier molecular flexibility index (Phi) is 2.53. The van der Waals surface area contributed by atoms with Gasteiger partial charge in [-0.15, -0.1) is 0 Å². The van der Waals surface area contributed by atoms with Crippen LogP contribution in [-0.2, 0) is 17.6 Å². The minimum absolute atomic E-state index is 0.203. The molecule has 1 atom stereocenters. The zero-order valence-electron chi connectivity index (χ0n) is 8.32. The van der Waals surface area contributed by atoms with Crippen molar-refractivity contribution in [3.05, 3.63) is 29.3 Å². The van der Waals surface area contributed by atoms with Gasteiger partial charge in [-0.2, -0.15) is 0 Å². The number of carbonyl (C=O) groups is 1. The molecule has 1 aliphatic rings. The molecule has 0 saturated carbocycles. The van der Waals surface area contributed by atoms with Gasteiger partial charge in [-0.25, -0.2) is 0 Å². The zero-order chi connectivity index (χ0) is 9.97. The van der Waals surface area contributed by atoms with Crippen molar-refractivity contribution in [2.24, 2.45) is 5.92 Å². The highest BCUT2D eigenvalue weighted by Crippen LogP contribution is 2.31. The van der Waals surface area contributed by atoms with Crippen molar-refractivity contribution in [1.82, 2.24) is 0 Å². The molecule has 0 unspecified atom stereocenters. The second kappa shape index (κ2) is 3.82. The summed E-state index contributed by atoms with van der Waals surface area (Å²) in [6.45, 7) is 0. The highest BCUT2D eigenvalue weighted by Gasteiger charge is 2.20. The van der Waals surface area contributed by atoms with Gasteiger partial charge in [-0.05, 0) is 36.5 Å². The topological polar surface area (TPSA) is 26.3 Å². The Morgan fingerprint density at radius 2 is 2.36 bits per heavy atom. The van der Waals surface area contributed by atoms with Crippen molar-refractivity contribution in [3.63, 3.8) is 0 Å². The molecule has 0 radical (unpaired) electrons. The Hall–Kier alpha value is -1.31. The van der Waals surface area contributed by atoms with Crippen LogP contribution >= 0.6 is 0 Å². The highest BCUT2D eigenvalue weighted by molar-refractivity contribution is 5.56. The molecule has 2 rings (SSSR count). The van der Waals surface area contributed by atoms with E-state index in [4.69, 9.17) is 4.74 Å². The van der Waals surface area contributed by atoms with E-state index in [0.717, 1.165) is 31.3 Å². The summed E-state index contributed by atoms with van der Waals surface area (Å²) >= 11 is 0. The Morgan fingerprint density at radius 1 is 1.50 bits per heavy atom. The highest BCUT2D eigenvalue weighted by atomic mass is 16.5. The quantitative estimate of drug-likeness (QED) is 0.667. The Morgan fingerprint density at radius 3 is 3.07 bits per heavy atom. The maximum atomic E-state index is 10.7. The summed E-state index contributed by atoms with van der Waals surface area (Å²) in [7, 11) is 1.70. The first-order valence-electron chi connectivity index (χ1n) is 4.95. The van der Waals surface area contributed by atoms with Crippen LogP contribution in [-0.4, -0.2) is 13.4 Å². The molecule has 1 aliphatic carbocycles. The smallest absolute Gasteiger partial charge is 0.123 e.